The highest BCUT2D eigenvalue weighted by atomic mass is 35.5. The molecule has 1 unspecified atom stereocenters. The fourth-order valence-corrected chi connectivity index (χ4v) is 2.91. The number of rotatable bonds is 2. The second-order valence-corrected chi connectivity index (χ2v) is 5.75. The molecule has 6 heteroatoms. The zero-order valence-electron chi connectivity index (χ0n) is 10.6. The third kappa shape index (κ3) is 1.69. The minimum Gasteiger partial charge on any atom is -0.396 e. The van der Waals surface area contributed by atoms with Gasteiger partial charge in [0.25, 0.3) is 0 Å². The Labute approximate surface area is 115 Å². The van der Waals surface area contributed by atoms with E-state index in [1.807, 2.05) is 6.07 Å². The first kappa shape index (κ1) is 12.8. The number of carbonyl (C=O) groups is 1. The van der Waals surface area contributed by atoms with Crippen LogP contribution in [0.25, 0.3) is 0 Å². The van der Waals surface area contributed by atoms with Gasteiger partial charge < -0.3 is 15.2 Å². The van der Waals surface area contributed by atoms with Crippen molar-refractivity contribution in [2.75, 3.05) is 19.8 Å². The van der Waals surface area contributed by atoms with Gasteiger partial charge in [-0.1, -0.05) is 17.7 Å². The van der Waals surface area contributed by atoms with Gasteiger partial charge in [0.05, 0.1) is 24.3 Å². The minimum atomic E-state index is -0.851. The summed E-state index contributed by atoms with van der Waals surface area (Å²) in [7, 11) is 0. The topological polar surface area (TPSA) is 71.5 Å². The maximum Gasteiger partial charge on any atom is 0.232 e. The van der Waals surface area contributed by atoms with Crippen LogP contribution in [0.5, 0.6) is 0 Å². The fraction of sp³-hybridized carbons (Fsp3) is 0.538. The summed E-state index contributed by atoms with van der Waals surface area (Å²) in [5.41, 5.74) is 0.272. The standard InChI is InChI=1S/C13H15ClN2O3/c1-12(4-5-17)10-8(2-3-9(14)15-10)13(6-19-7-13)16-11(12)18/h2-3,17H,4-7H2,1H3,(H,16,18). The normalized spacial score (nSPS) is 27.6. The van der Waals surface area contributed by atoms with Crippen LogP contribution in [0.4, 0.5) is 0 Å². The zero-order chi connectivity index (χ0) is 13.7. The second-order valence-electron chi connectivity index (χ2n) is 5.36. The van der Waals surface area contributed by atoms with Gasteiger partial charge in [-0.15, -0.1) is 0 Å². The molecule has 1 aromatic rings. The quantitative estimate of drug-likeness (QED) is 0.785. The molecule has 2 aliphatic heterocycles. The van der Waals surface area contributed by atoms with Crippen LogP contribution in [0.15, 0.2) is 12.1 Å². The number of carbonyl (C=O) groups excluding carboxylic acids is 1. The molecule has 1 saturated heterocycles. The number of aliphatic hydroxyl groups excluding tert-OH is 1. The summed E-state index contributed by atoms with van der Waals surface area (Å²) in [5.74, 6) is -0.132. The first-order chi connectivity index (χ1) is 9.02. The number of ether oxygens (including phenoxy) is 1. The first-order valence-electron chi connectivity index (χ1n) is 6.21. The Balaban J connectivity index is 2.19. The van der Waals surface area contributed by atoms with Crippen LogP contribution in [-0.2, 0) is 20.5 Å². The average Bonchev–Trinajstić information content (AvgIpc) is 2.33. The van der Waals surface area contributed by atoms with Crippen LogP contribution in [-0.4, -0.2) is 35.8 Å². The third-order valence-corrected chi connectivity index (χ3v) is 4.27. The largest absolute Gasteiger partial charge is 0.396 e. The molecule has 2 N–H and O–H groups in total. The molecule has 1 fully saturated rings. The highest BCUT2D eigenvalue weighted by molar-refractivity contribution is 6.29. The van der Waals surface area contributed by atoms with E-state index in [0.717, 1.165) is 5.56 Å². The Morgan fingerprint density at radius 3 is 2.84 bits per heavy atom. The third-order valence-electron chi connectivity index (χ3n) is 4.06. The number of fused-ring (bicyclic) bond motifs is 2. The SMILES string of the molecule is CC1(CCO)C(=O)NC2(COC2)c2ccc(Cl)nc21. The molecule has 1 spiro atoms. The molecule has 0 aromatic carbocycles. The molecule has 0 bridgehead atoms. The molecule has 0 aliphatic carbocycles. The predicted molar refractivity (Wildman–Crippen MR) is 68.9 cm³/mol. The lowest BCUT2D eigenvalue weighted by molar-refractivity contribution is -0.143. The van der Waals surface area contributed by atoms with Crippen molar-refractivity contribution in [3.63, 3.8) is 0 Å². The van der Waals surface area contributed by atoms with Gasteiger partial charge >= 0.3 is 0 Å². The smallest absolute Gasteiger partial charge is 0.232 e. The molecule has 1 amide bonds. The number of nitrogens with one attached hydrogen (secondary N) is 1. The van der Waals surface area contributed by atoms with Crippen molar-refractivity contribution in [1.29, 1.82) is 0 Å². The van der Waals surface area contributed by atoms with Crippen molar-refractivity contribution in [3.05, 3.63) is 28.5 Å². The fourth-order valence-electron chi connectivity index (χ4n) is 2.76. The number of nitrogens with zero attached hydrogens (tertiary/aromatic N) is 1. The maximum absolute atomic E-state index is 12.4. The van der Waals surface area contributed by atoms with E-state index in [1.165, 1.54) is 0 Å². The summed E-state index contributed by atoms with van der Waals surface area (Å²) >= 11 is 5.97. The Kier molecular flexibility index (Phi) is 2.81. The Morgan fingerprint density at radius 2 is 2.26 bits per heavy atom. The van der Waals surface area contributed by atoms with Gasteiger partial charge in [0.1, 0.15) is 10.7 Å². The summed E-state index contributed by atoms with van der Waals surface area (Å²) in [4.78, 5) is 16.8. The van der Waals surface area contributed by atoms with Gasteiger partial charge in [-0.05, 0) is 19.4 Å². The summed E-state index contributed by atoms with van der Waals surface area (Å²) in [6, 6.07) is 3.61. The number of halogens is 1. The number of aliphatic hydroxyl groups is 1. The van der Waals surface area contributed by atoms with Crippen molar-refractivity contribution >= 4 is 17.5 Å². The highest BCUT2D eigenvalue weighted by Crippen LogP contribution is 2.43. The molecular weight excluding hydrogens is 268 g/mol. The summed E-state index contributed by atoms with van der Waals surface area (Å²) < 4.78 is 5.25. The lowest BCUT2D eigenvalue weighted by Gasteiger charge is -2.49. The van der Waals surface area contributed by atoms with Crippen molar-refractivity contribution in [3.8, 4) is 0 Å². The molecule has 1 aromatic heterocycles. The molecule has 0 saturated carbocycles. The van der Waals surface area contributed by atoms with Gasteiger partial charge in [0.2, 0.25) is 5.91 Å². The Morgan fingerprint density at radius 1 is 1.53 bits per heavy atom. The summed E-state index contributed by atoms with van der Waals surface area (Å²) in [6.45, 7) is 2.60. The van der Waals surface area contributed by atoms with E-state index in [4.69, 9.17) is 16.3 Å². The Bertz CT molecular complexity index is 545. The van der Waals surface area contributed by atoms with E-state index in [9.17, 15) is 9.90 Å². The highest BCUT2D eigenvalue weighted by Gasteiger charge is 2.54. The predicted octanol–water partition coefficient (Wildman–Crippen LogP) is 0.730. The van der Waals surface area contributed by atoms with Crippen molar-refractivity contribution in [1.82, 2.24) is 10.3 Å². The number of hydrogen-bond donors (Lipinski definition) is 2. The minimum absolute atomic E-state index is 0.0823. The molecule has 3 heterocycles. The summed E-state index contributed by atoms with van der Waals surface area (Å²) in [5, 5.41) is 12.6. The van der Waals surface area contributed by atoms with E-state index < -0.39 is 11.0 Å². The molecule has 0 radical (unpaired) electrons. The van der Waals surface area contributed by atoms with Gasteiger partial charge in [-0.3, -0.25) is 4.79 Å². The van der Waals surface area contributed by atoms with E-state index >= 15 is 0 Å². The van der Waals surface area contributed by atoms with Gasteiger partial charge in [-0.25, -0.2) is 4.98 Å². The number of hydrogen-bond acceptors (Lipinski definition) is 4. The molecular formula is C13H15ClN2O3. The molecule has 102 valence electrons. The molecule has 3 rings (SSSR count). The first-order valence-corrected chi connectivity index (χ1v) is 6.58. The monoisotopic (exact) mass is 282 g/mol. The zero-order valence-corrected chi connectivity index (χ0v) is 11.3. The van der Waals surface area contributed by atoms with E-state index in [2.05, 4.69) is 10.3 Å². The lowest BCUT2D eigenvalue weighted by atomic mass is 9.70. The molecule has 5 nitrogen and oxygen atoms in total. The second kappa shape index (κ2) is 4.16. The van der Waals surface area contributed by atoms with Crippen LogP contribution in [0.3, 0.4) is 0 Å². The van der Waals surface area contributed by atoms with Gasteiger partial charge in [0.15, 0.2) is 0 Å². The number of pyridine rings is 1. The molecule has 1 atom stereocenters. The van der Waals surface area contributed by atoms with E-state index in [-0.39, 0.29) is 12.5 Å². The number of amides is 1. The molecule has 2 aliphatic rings. The van der Waals surface area contributed by atoms with Crippen LogP contribution in [0.2, 0.25) is 5.15 Å². The maximum atomic E-state index is 12.4. The number of aromatic nitrogens is 1. The van der Waals surface area contributed by atoms with Crippen molar-refractivity contribution in [2.24, 2.45) is 0 Å². The van der Waals surface area contributed by atoms with Crippen LogP contribution < -0.4 is 5.32 Å². The van der Waals surface area contributed by atoms with Crippen molar-refractivity contribution in [2.45, 2.75) is 24.3 Å². The Hall–Kier alpha value is -1.17. The average molecular weight is 283 g/mol. The van der Waals surface area contributed by atoms with Gasteiger partial charge in [0, 0.05) is 12.2 Å². The van der Waals surface area contributed by atoms with E-state index in [1.54, 1.807) is 13.0 Å². The van der Waals surface area contributed by atoms with Crippen LogP contribution in [0, 0.1) is 0 Å². The van der Waals surface area contributed by atoms with Crippen LogP contribution >= 0.6 is 11.6 Å². The van der Waals surface area contributed by atoms with Crippen LogP contribution in [0.1, 0.15) is 24.6 Å². The summed E-state index contributed by atoms with van der Waals surface area (Å²) in [6.07, 6.45) is 0.316. The van der Waals surface area contributed by atoms with E-state index in [0.29, 0.717) is 30.5 Å². The molecule has 19 heavy (non-hydrogen) atoms. The van der Waals surface area contributed by atoms with Gasteiger partial charge in [-0.2, -0.15) is 0 Å². The van der Waals surface area contributed by atoms with Crippen molar-refractivity contribution < 1.29 is 14.6 Å². The lowest BCUT2D eigenvalue weighted by Crippen LogP contribution is -2.66.